The van der Waals surface area contributed by atoms with Crippen LogP contribution in [0.15, 0.2) is 115 Å². The standard InChI is InChI=1S/C93H112Cl2N12O28/c1-4-5-6-7-8-9-10-11-12-16-66(113)101-75-78(116)80(118)83(91(127)128-3)135-92(75)134-82-63-37-48-38-64(82)131-60-26-21-47(35-55(60)94)76(114)74-90(126)105-72(85(121)99-29-15-32-107(30-13-27-96)31-14-28-97)53-39-49(109)40-62(132-93-81(119)79(117)77(115)65(43-108)133-93)67(53)52-34-45(19-24-57(52)110)70(87(123)106-74)102-88(124)71(48)103-89(125)73-54-41-51(42-59(112)68(54)95)130-61-36-46(20-25-58(61)111)69(98-2)86(122)100-56(84(120)104-73)33-44-17-22-50(129-63)23-18-44/h17-26,34-42,56,65,69-81,83,92-93,98,108-112,114-119H,4-16,27-33,43,96-97H2,1-3H3,(H,99,121)(H,100,122)(H,101,113)(H,102,124)(H,103,125)(H,104,120)(H,105,126)(H,106,123)/t56-,65-,69+,70-,71-,72-,73+,74+,75-,76-,77-,78-,79+,80+,81+,83+,92-,93+/m1/s1. The van der Waals surface area contributed by atoms with E-state index in [1.807, 2.05) is 0 Å². The molecule has 0 saturated carbocycles. The fourth-order valence-electron chi connectivity index (χ4n) is 16.9. The van der Waals surface area contributed by atoms with Crippen molar-refractivity contribution in [2.45, 2.75) is 207 Å². The molecule has 8 aliphatic heterocycles. The minimum absolute atomic E-state index is 0.122. The van der Waals surface area contributed by atoms with Crippen LogP contribution in [-0.4, -0.2) is 248 Å². The van der Waals surface area contributed by atoms with Crippen molar-refractivity contribution in [2.75, 3.05) is 60.0 Å². The largest absolute Gasteiger partial charge is 0.508 e. The molecule has 0 radical (unpaired) electrons. The summed E-state index contributed by atoms with van der Waals surface area (Å²) in [5.41, 5.74) is 9.13. The van der Waals surface area contributed by atoms with Gasteiger partial charge >= 0.3 is 5.97 Å². The zero-order chi connectivity index (χ0) is 96.7. The number of nitrogens with one attached hydrogen (secondary N) is 9. The average molecular weight is 1920 g/mol. The van der Waals surface area contributed by atoms with Gasteiger partial charge in [-0.1, -0.05) is 112 Å². The molecule has 18 atom stereocenters. The minimum atomic E-state index is -2.45. The molecule has 0 spiro atoms. The molecule has 135 heavy (non-hydrogen) atoms. The van der Waals surface area contributed by atoms with Gasteiger partial charge in [0.1, 0.15) is 131 Å². The van der Waals surface area contributed by atoms with Gasteiger partial charge in [-0.3, -0.25) is 38.4 Å². The highest BCUT2D eigenvalue weighted by Gasteiger charge is 2.52. The van der Waals surface area contributed by atoms with E-state index in [4.69, 9.17) is 72.6 Å². The van der Waals surface area contributed by atoms with Crippen molar-refractivity contribution in [2.24, 2.45) is 11.5 Å². The number of benzene rings is 7. The Labute approximate surface area is 784 Å². The predicted molar refractivity (Wildman–Crippen MR) is 482 cm³/mol. The first-order chi connectivity index (χ1) is 64.8. The van der Waals surface area contributed by atoms with Gasteiger partial charge in [0.2, 0.25) is 65.6 Å². The van der Waals surface area contributed by atoms with Crippen LogP contribution >= 0.6 is 23.2 Å². The Kier molecular flexibility index (Phi) is 33.9. The lowest BCUT2D eigenvalue weighted by atomic mass is 9.89. The minimum Gasteiger partial charge on any atom is -0.508 e. The number of phenolic OH excluding ortho intramolecular Hbond substituents is 4. The van der Waals surface area contributed by atoms with E-state index >= 15 is 28.8 Å². The molecule has 7 aromatic carbocycles. The lowest BCUT2D eigenvalue weighted by Gasteiger charge is -2.41. The molecule has 2 fully saturated rings. The van der Waals surface area contributed by atoms with Gasteiger partial charge in [-0.25, -0.2) is 4.79 Å². The maximum absolute atomic E-state index is 17.0. The molecule has 0 unspecified atom stereocenters. The molecule has 42 heteroatoms. The van der Waals surface area contributed by atoms with Gasteiger partial charge in [0, 0.05) is 48.2 Å². The number of phenols is 4. The molecule has 15 rings (SSSR count). The van der Waals surface area contributed by atoms with Gasteiger partial charge in [0.05, 0.1) is 23.8 Å². The van der Waals surface area contributed by atoms with E-state index in [0.29, 0.717) is 64.0 Å². The van der Waals surface area contributed by atoms with E-state index in [2.05, 4.69) is 59.7 Å². The summed E-state index contributed by atoms with van der Waals surface area (Å²) in [5, 5.41) is 152. The number of carbonyl (C=O) groups is 9. The zero-order valence-corrected chi connectivity index (χ0v) is 75.4. The lowest BCUT2D eigenvalue weighted by Crippen LogP contribution is -2.66. The number of ether oxygens (including phenoxy) is 8. The Morgan fingerprint density at radius 2 is 1.17 bits per heavy atom. The molecule has 726 valence electrons. The Hall–Kier alpha value is -12.0. The van der Waals surface area contributed by atoms with Crippen LogP contribution in [0.3, 0.4) is 0 Å². The Morgan fingerprint density at radius 3 is 1.85 bits per heavy atom. The number of aliphatic hydroxyl groups is 7. The second kappa shape index (κ2) is 45.6. The normalized spacial score (nSPS) is 25.1. The third kappa shape index (κ3) is 23.6. The van der Waals surface area contributed by atoms with Crippen LogP contribution in [-0.2, 0) is 63.8 Å². The van der Waals surface area contributed by atoms with Crippen molar-refractivity contribution < 1.29 is 137 Å². The summed E-state index contributed by atoms with van der Waals surface area (Å²) in [6.07, 6.45) is -11.8. The van der Waals surface area contributed by atoms with Crippen LogP contribution in [0, 0.1) is 0 Å². The number of likely N-dealkylation sites (N-methyl/N-ethyl adjacent to an activating group) is 1. The van der Waals surface area contributed by atoms with Crippen LogP contribution in [0.5, 0.6) is 69.0 Å². The SMILES string of the molecule is CCCCCCCCCCCC(=O)N[C@H]1[C@H](Oc2c3cc4cc2Oc2ccc(cc2Cl)[C@@H](O)[C@@H]2NC(=O)[C@H](NC(=O)[C@@H]4NC(=O)[C@H]4NC(=O)[C@@H](Cc5ccc(cc5)O3)NC(=O)[C@@H](NC)c3ccc(O)c(c3)Oc3cc(O)c(Cl)c4c3)c3ccc(O)c(c3)-c3c(O[C@H]4O[C@H](CO)[C@@H](O)[C@H](O)[C@@H]4O)cc(O)cc3[C@H](C(=O)NCCCN(CCCN)CCCN)NC2=O)O[C@H](C(=O)OC)[C@@H](O)[C@@H]1O. The lowest BCUT2D eigenvalue weighted by molar-refractivity contribution is -0.277. The Morgan fingerprint density at radius 1 is 0.541 bits per heavy atom. The fraction of sp³-hybridized carbons (Fsp3) is 0.452. The molecule has 24 N–H and O–H groups in total. The summed E-state index contributed by atoms with van der Waals surface area (Å²) >= 11 is 14.4. The van der Waals surface area contributed by atoms with E-state index in [9.17, 15) is 70.6 Å². The van der Waals surface area contributed by atoms with Crippen molar-refractivity contribution in [3.05, 3.63) is 164 Å². The molecule has 8 amide bonds. The van der Waals surface area contributed by atoms with Crippen LogP contribution in [0.25, 0.3) is 11.1 Å². The Bertz CT molecular complexity index is 5460. The van der Waals surface area contributed by atoms with Gasteiger partial charge in [0.15, 0.2) is 29.1 Å². The fourth-order valence-corrected chi connectivity index (χ4v) is 17.4. The van der Waals surface area contributed by atoms with Gasteiger partial charge in [-0.2, -0.15) is 0 Å². The highest BCUT2D eigenvalue weighted by Crippen LogP contribution is 2.51. The number of nitrogens with zero attached hydrogens (tertiary/aromatic N) is 1. The van der Waals surface area contributed by atoms with Crippen molar-refractivity contribution in [3.63, 3.8) is 0 Å². The molecule has 2 saturated heterocycles. The quantitative estimate of drug-likeness (QED) is 0.0234. The molecule has 17 bridgehead atoms. The number of aromatic hydroxyl groups is 4. The van der Waals surface area contributed by atoms with Crippen LogP contribution in [0.2, 0.25) is 10.0 Å². The summed E-state index contributed by atoms with van der Waals surface area (Å²) in [6, 6.07) is 5.96. The number of nitrogens with two attached hydrogens (primary N) is 2. The van der Waals surface area contributed by atoms with Gasteiger partial charge in [0.25, 0.3) is 0 Å². The number of fused-ring (bicyclic) bond motifs is 14. The van der Waals surface area contributed by atoms with Gasteiger partial charge in [-0.05, 0) is 172 Å². The van der Waals surface area contributed by atoms with Gasteiger partial charge in [-0.15, -0.1) is 0 Å². The first-order valence-electron chi connectivity index (χ1n) is 44.6. The number of rotatable bonds is 29. The highest BCUT2D eigenvalue weighted by atomic mass is 35.5. The number of amides is 8. The third-order valence-electron chi connectivity index (χ3n) is 24.2. The number of aliphatic hydroxyl groups excluding tert-OH is 7. The van der Waals surface area contributed by atoms with E-state index in [1.165, 1.54) is 55.6 Å². The summed E-state index contributed by atoms with van der Waals surface area (Å²) in [7, 11) is 2.40. The van der Waals surface area contributed by atoms with Crippen LogP contribution in [0.4, 0.5) is 0 Å². The van der Waals surface area contributed by atoms with E-state index in [0.717, 1.165) is 119 Å². The molecule has 40 nitrogen and oxygen atoms in total. The number of hydrogen-bond donors (Lipinski definition) is 22. The molecular weight excluding hydrogens is 1800 g/mol. The number of unbranched alkanes of at least 4 members (excludes halogenated alkanes) is 8. The monoisotopic (exact) mass is 1910 g/mol. The Balaban J connectivity index is 1.03. The zero-order valence-electron chi connectivity index (χ0n) is 73.9. The molecular formula is C93H112Cl2N12O28. The molecule has 7 aromatic rings. The number of carbonyl (C=O) groups excluding carboxylic acids is 9. The molecule has 0 aliphatic carbocycles. The highest BCUT2D eigenvalue weighted by molar-refractivity contribution is 6.33. The maximum Gasteiger partial charge on any atom is 0.337 e. The number of esters is 1. The number of hydrogen-bond acceptors (Lipinski definition) is 32. The van der Waals surface area contributed by atoms with Crippen LogP contribution in [0.1, 0.15) is 166 Å². The average Bonchev–Trinajstić information content (AvgIpc) is 0.757. The van der Waals surface area contributed by atoms with Crippen LogP contribution < -0.4 is 83.0 Å². The summed E-state index contributed by atoms with van der Waals surface area (Å²) < 4.78 is 50.1. The van der Waals surface area contributed by atoms with Crippen molar-refractivity contribution >= 4 is 76.4 Å². The second-order valence-corrected chi connectivity index (χ2v) is 34.5. The van der Waals surface area contributed by atoms with E-state index in [-0.39, 0.29) is 47.8 Å². The van der Waals surface area contributed by atoms with Crippen molar-refractivity contribution in [1.82, 2.24) is 52.8 Å². The third-order valence-corrected chi connectivity index (χ3v) is 24.9. The number of halogens is 2. The topological polar surface area (TPSA) is 614 Å². The predicted octanol–water partition coefficient (Wildman–Crippen LogP) is 3.84. The molecule has 8 heterocycles. The van der Waals surface area contributed by atoms with Gasteiger partial charge < -0.3 is 158 Å². The van der Waals surface area contributed by atoms with E-state index in [1.54, 1.807) is 0 Å². The number of methoxy groups -OCH3 is 1. The first-order valence-corrected chi connectivity index (χ1v) is 45.3. The smallest absolute Gasteiger partial charge is 0.337 e. The summed E-state index contributed by atoms with van der Waals surface area (Å²) in [5.74, 6) is -17.2. The molecule has 0 aromatic heterocycles. The second-order valence-electron chi connectivity index (χ2n) is 33.7. The molecule has 8 aliphatic rings. The first kappa shape index (κ1) is 100. The van der Waals surface area contributed by atoms with Crippen molar-refractivity contribution in [3.8, 4) is 80.1 Å². The van der Waals surface area contributed by atoms with E-state index < -0.39 is 271 Å². The summed E-state index contributed by atoms with van der Waals surface area (Å²) in [4.78, 5) is 142. The maximum atomic E-state index is 17.0. The van der Waals surface area contributed by atoms with Crippen molar-refractivity contribution in [1.29, 1.82) is 0 Å². The summed E-state index contributed by atoms with van der Waals surface area (Å²) in [6.45, 7) is 3.25.